The molecule has 25 heavy (non-hydrogen) atoms. The number of halogens is 1. The quantitative estimate of drug-likeness (QED) is 0.932. The third-order valence-corrected chi connectivity index (χ3v) is 5.71. The van der Waals surface area contributed by atoms with Crippen LogP contribution in [0, 0.1) is 12.7 Å². The van der Waals surface area contributed by atoms with Crippen LogP contribution in [0.4, 0.5) is 4.39 Å². The van der Waals surface area contributed by atoms with Gasteiger partial charge in [0.1, 0.15) is 5.82 Å². The highest BCUT2D eigenvalue weighted by molar-refractivity contribution is 5.86. The van der Waals surface area contributed by atoms with E-state index in [1.54, 1.807) is 12.3 Å². The number of hydrogen-bond acceptors (Lipinski definition) is 3. The van der Waals surface area contributed by atoms with Crippen LogP contribution in [0.5, 0.6) is 0 Å². The molecule has 4 nitrogen and oxygen atoms in total. The molecule has 1 aromatic carbocycles. The van der Waals surface area contributed by atoms with Gasteiger partial charge in [0.2, 0.25) is 5.91 Å². The summed E-state index contributed by atoms with van der Waals surface area (Å²) in [5, 5.41) is 11.3. The first-order chi connectivity index (χ1) is 12.0. The summed E-state index contributed by atoms with van der Waals surface area (Å²) in [5.74, 6) is -0.114. The number of amides is 1. The Morgan fingerprint density at radius 3 is 2.72 bits per heavy atom. The van der Waals surface area contributed by atoms with Crippen molar-refractivity contribution < 1.29 is 14.3 Å². The Bertz CT molecular complexity index is 809. The molecule has 2 aliphatic heterocycles. The van der Waals surface area contributed by atoms with Crippen LogP contribution in [-0.4, -0.2) is 39.1 Å². The van der Waals surface area contributed by atoms with Gasteiger partial charge in [-0.05, 0) is 62.1 Å². The molecule has 0 radical (unpaired) electrons. The van der Waals surface area contributed by atoms with Gasteiger partial charge in [0.15, 0.2) is 0 Å². The highest BCUT2D eigenvalue weighted by atomic mass is 19.1. The van der Waals surface area contributed by atoms with Gasteiger partial charge >= 0.3 is 0 Å². The number of piperidine rings is 1. The Morgan fingerprint density at radius 1 is 1.28 bits per heavy atom. The summed E-state index contributed by atoms with van der Waals surface area (Å²) in [7, 11) is 0. The maximum Gasteiger partial charge on any atom is 0.223 e. The molecule has 4 rings (SSSR count). The van der Waals surface area contributed by atoms with Gasteiger partial charge in [0, 0.05) is 35.8 Å². The minimum absolute atomic E-state index is 0.150. The van der Waals surface area contributed by atoms with E-state index >= 15 is 0 Å². The Hall–Kier alpha value is -2.01. The monoisotopic (exact) mass is 342 g/mol. The third-order valence-electron chi connectivity index (χ3n) is 5.71. The van der Waals surface area contributed by atoms with Gasteiger partial charge in [-0.25, -0.2) is 4.39 Å². The van der Waals surface area contributed by atoms with Gasteiger partial charge in [-0.1, -0.05) is 6.07 Å². The number of hydrogen-bond donors (Lipinski definition) is 1. The normalized spacial score (nSPS) is 25.6. The van der Waals surface area contributed by atoms with Crippen LogP contribution in [0.15, 0.2) is 24.4 Å². The lowest BCUT2D eigenvalue weighted by molar-refractivity contribution is -0.137. The topological polar surface area (TPSA) is 53.4 Å². The van der Waals surface area contributed by atoms with E-state index in [2.05, 4.69) is 4.98 Å². The summed E-state index contributed by atoms with van der Waals surface area (Å²) in [6.07, 6.45) is 5.68. The number of benzene rings is 1. The van der Waals surface area contributed by atoms with Crippen LogP contribution < -0.4 is 0 Å². The Morgan fingerprint density at radius 2 is 2.00 bits per heavy atom. The van der Waals surface area contributed by atoms with E-state index in [4.69, 9.17) is 0 Å². The number of aliphatic hydroxyl groups excluding tert-OH is 1. The van der Waals surface area contributed by atoms with Gasteiger partial charge in [0.05, 0.1) is 6.10 Å². The molecule has 2 bridgehead atoms. The van der Waals surface area contributed by atoms with Gasteiger partial charge in [-0.15, -0.1) is 0 Å². The molecule has 2 atom stereocenters. The van der Waals surface area contributed by atoms with E-state index in [0.717, 1.165) is 29.5 Å². The lowest BCUT2D eigenvalue weighted by Crippen LogP contribution is -2.48. The van der Waals surface area contributed by atoms with Crippen LogP contribution in [0.25, 0.3) is 10.8 Å². The average Bonchev–Trinajstić information content (AvgIpc) is 2.88. The molecular weight excluding hydrogens is 319 g/mol. The van der Waals surface area contributed by atoms with Gasteiger partial charge in [-0.2, -0.15) is 0 Å². The number of carbonyl (C=O) groups is 1. The molecule has 1 amide bonds. The van der Waals surface area contributed by atoms with Crippen molar-refractivity contribution in [3.05, 3.63) is 41.5 Å². The van der Waals surface area contributed by atoms with E-state index in [9.17, 15) is 14.3 Å². The molecule has 2 unspecified atom stereocenters. The van der Waals surface area contributed by atoms with Crippen LogP contribution in [0.3, 0.4) is 0 Å². The van der Waals surface area contributed by atoms with Crippen molar-refractivity contribution in [3.63, 3.8) is 0 Å². The zero-order valence-corrected chi connectivity index (χ0v) is 14.4. The second kappa shape index (κ2) is 6.37. The summed E-state index contributed by atoms with van der Waals surface area (Å²) < 4.78 is 13.9. The smallest absolute Gasteiger partial charge is 0.223 e. The van der Waals surface area contributed by atoms with E-state index < -0.39 is 0 Å². The second-order valence-electron chi connectivity index (χ2n) is 7.40. The lowest BCUT2D eigenvalue weighted by atomic mass is 9.99. The molecule has 2 aromatic rings. The van der Waals surface area contributed by atoms with E-state index in [1.165, 1.54) is 6.07 Å². The number of rotatable bonds is 3. The highest BCUT2D eigenvalue weighted by Gasteiger charge is 2.42. The zero-order chi connectivity index (χ0) is 17.6. The highest BCUT2D eigenvalue weighted by Crippen LogP contribution is 2.36. The number of aromatic nitrogens is 1. The summed E-state index contributed by atoms with van der Waals surface area (Å²) in [6.45, 7) is 1.95. The summed E-state index contributed by atoms with van der Waals surface area (Å²) in [4.78, 5) is 19.0. The van der Waals surface area contributed by atoms with E-state index in [-0.39, 0.29) is 29.9 Å². The summed E-state index contributed by atoms with van der Waals surface area (Å²) in [6, 6.07) is 5.52. The molecule has 3 heterocycles. The molecule has 0 spiro atoms. The molecule has 132 valence electrons. The fourth-order valence-electron chi connectivity index (χ4n) is 4.45. The predicted molar refractivity (Wildman–Crippen MR) is 93.7 cm³/mol. The predicted octanol–water partition coefficient (Wildman–Crippen LogP) is 3.13. The van der Waals surface area contributed by atoms with Crippen molar-refractivity contribution in [2.75, 3.05) is 0 Å². The van der Waals surface area contributed by atoms with E-state index in [0.29, 0.717) is 31.1 Å². The fourth-order valence-corrected chi connectivity index (χ4v) is 4.45. The summed E-state index contributed by atoms with van der Waals surface area (Å²) in [5.41, 5.74) is 1.83. The van der Waals surface area contributed by atoms with Crippen molar-refractivity contribution in [1.29, 1.82) is 0 Å². The number of aryl methyl sites for hydroxylation is 2. The molecule has 1 aromatic heterocycles. The number of aliphatic hydroxyl groups is 1. The molecule has 2 fully saturated rings. The first-order valence-corrected chi connectivity index (χ1v) is 9.06. The van der Waals surface area contributed by atoms with Crippen LogP contribution in [0.2, 0.25) is 0 Å². The first-order valence-electron chi connectivity index (χ1n) is 9.06. The van der Waals surface area contributed by atoms with E-state index in [1.807, 2.05) is 17.9 Å². The first kappa shape index (κ1) is 16.5. The van der Waals surface area contributed by atoms with Crippen molar-refractivity contribution in [2.24, 2.45) is 0 Å². The number of nitrogens with zero attached hydrogens (tertiary/aromatic N) is 2. The minimum Gasteiger partial charge on any atom is -0.393 e. The molecule has 0 saturated carbocycles. The molecule has 0 aliphatic carbocycles. The molecular formula is C20H23FN2O2. The van der Waals surface area contributed by atoms with Crippen molar-refractivity contribution in [1.82, 2.24) is 9.88 Å². The van der Waals surface area contributed by atoms with Gasteiger partial charge < -0.3 is 10.0 Å². The van der Waals surface area contributed by atoms with Gasteiger partial charge in [-0.3, -0.25) is 9.78 Å². The summed E-state index contributed by atoms with van der Waals surface area (Å²) >= 11 is 0. The Balaban J connectivity index is 1.47. The molecule has 2 saturated heterocycles. The van der Waals surface area contributed by atoms with Crippen LogP contribution in [-0.2, 0) is 11.2 Å². The van der Waals surface area contributed by atoms with Crippen molar-refractivity contribution in [2.45, 2.75) is 63.6 Å². The number of fused-ring (bicyclic) bond motifs is 3. The largest absolute Gasteiger partial charge is 0.393 e. The van der Waals surface area contributed by atoms with Crippen LogP contribution in [0.1, 0.15) is 43.4 Å². The molecule has 1 N–H and O–H groups in total. The average molecular weight is 342 g/mol. The molecule has 2 aliphatic rings. The Kier molecular flexibility index (Phi) is 4.20. The fraction of sp³-hybridized carbons (Fsp3) is 0.500. The SMILES string of the molecule is Cc1ccc(F)c2cnc(CCC(=O)N3C4CCC3CC(O)C4)cc12. The number of carbonyl (C=O) groups excluding carboxylic acids is 1. The second-order valence-corrected chi connectivity index (χ2v) is 7.40. The lowest BCUT2D eigenvalue weighted by Gasteiger charge is -2.37. The maximum absolute atomic E-state index is 13.9. The van der Waals surface area contributed by atoms with Gasteiger partial charge in [0.25, 0.3) is 0 Å². The third kappa shape index (κ3) is 3.01. The zero-order valence-electron chi connectivity index (χ0n) is 14.4. The minimum atomic E-state index is -0.265. The Labute approximate surface area is 146 Å². The van der Waals surface area contributed by atoms with Crippen molar-refractivity contribution in [3.8, 4) is 0 Å². The maximum atomic E-state index is 13.9. The number of pyridine rings is 1. The standard InChI is InChI=1S/C20H23FN2O2/c1-12-2-6-19(21)18-11-22-13(8-17(12)18)3-7-20(25)23-14-4-5-15(23)10-16(24)9-14/h2,6,8,11,14-16,24H,3-5,7,9-10H2,1H3. The van der Waals surface area contributed by atoms with Crippen LogP contribution >= 0.6 is 0 Å². The van der Waals surface area contributed by atoms with Crippen molar-refractivity contribution >= 4 is 16.7 Å². The molecule has 5 heteroatoms.